The van der Waals surface area contributed by atoms with Crippen molar-refractivity contribution < 1.29 is 9.47 Å². The van der Waals surface area contributed by atoms with Crippen molar-refractivity contribution in [3.8, 4) is 11.5 Å². The number of unbranched alkanes of at least 4 members (excludes halogenated alkanes) is 1. The fourth-order valence-electron chi connectivity index (χ4n) is 3.58. The highest BCUT2D eigenvalue weighted by atomic mass is 35.5. The number of hydrogen-bond donors (Lipinski definition) is 0. The van der Waals surface area contributed by atoms with Crippen molar-refractivity contribution in [3.05, 3.63) is 108 Å². The van der Waals surface area contributed by atoms with Crippen molar-refractivity contribution in [3.63, 3.8) is 0 Å². The molecule has 4 aromatic carbocycles. The van der Waals surface area contributed by atoms with Crippen LogP contribution < -0.4 is 9.47 Å². The molecule has 2 nitrogen and oxygen atoms in total. The van der Waals surface area contributed by atoms with Crippen LogP contribution in [-0.4, -0.2) is 5.88 Å². The maximum Gasteiger partial charge on any atom is 0.162 e. The Bertz CT molecular complexity index is 1090. The molecule has 0 saturated carbocycles. The van der Waals surface area contributed by atoms with Crippen molar-refractivity contribution in [2.75, 3.05) is 5.88 Å². The van der Waals surface area contributed by atoms with Gasteiger partial charge in [0.05, 0.1) is 0 Å². The summed E-state index contributed by atoms with van der Waals surface area (Å²) in [5.41, 5.74) is 3.59. The van der Waals surface area contributed by atoms with E-state index in [4.69, 9.17) is 21.1 Å². The van der Waals surface area contributed by atoms with E-state index in [9.17, 15) is 0 Å². The second-order valence-electron chi connectivity index (χ2n) is 7.68. The first kappa shape index (κ1) is 21.3. The Balaban J connectivity index is 1.59. The SMILES string of the molecule is ClCCCCc1ccc2cc(OCc3ccccc3)c(OCc3ccccc3)cc2c1. The Labute approximate surface area is 189 Å². The van der Waals surface area contributed by atoms with Crippen molar-refractivity contribution in [2.24, 2.45) is 0 Å². The topological polar surface area (TPSA) is 18.5 Å². The standard InChI is InChI=1S/C28H27ClO2/c29-16-8-7-9-22-14-15-25-18-27(30-20-23-10-3-1-4-11-23)28(19-26(25)17-22)31-21-24-12-5-2-6-13-24/h1-6,10-15,17-19H,7-9,16,20-21H2. The van der Waals surface area contributed by atoms with Crippen molar-refractivity contribution in [1.29, 1.82) is 0 Å². The zero-order valence-corrected chi connectivity index (χ0v) is 18.4. The number of aryl methyl sites for hydroxylation is 1. The molecule has 4 rings (SSSR count). The summed E-state index contributed by atoms with van der Waals surface area (Å²) in [6, 6.07) is 31.2. The van der Waals surface area contributed by atoms with Gasteiger partial charge in [0.1, 0.15) is 13.2 Å². The van der Waals surface area contributed by atoms with E-state index in [1.54, 1.807) is 0 Å². The fourth-order valence-corrected chi connectivity index (χ4v) is 3.77. The average Bonchev–Trinajstić information content (AvgIpc) is 2.82. The third kappa shape index (κ3) is 6.02. The highest BCUT2D eigenvalue weighted by Gasteiger charge is 2.10. The van der Waals surface area contributed by atoms with E-state index in [1.165, 1.54) is 10.9 Å². The van der Waals surface area contributed by atoms with Gasteiger partial charge in [-0.25, -0.2) is 0 Å². The lowest BCUT2D eigenvalue weighted by molar-refractivity contribution is 0.256. The maximum atomic E-state index is 6.22. The summed E-state index contributed by atoms with van der Waals surface area (Å²) in [4.78, 5) is 0. The molecule has 0 radical (unpaired) electrons. The van der Waals surface area contributed by atoms with E-state index in [-0.39, 0.29) is 0 Å². The molecule has 0 aliphatic rings. The molecular weight excluding hydrogens is 404 g/mol. The minimum Gasteiger partial charge on any atom is -0.485 e. The number of ether oxygens (including phenoxy) is 2. The van der Waals surface area contributed by atoms with E-state index < -0.39 is 0 Å². The molecule has 0 N–H and O–H groups in total. The van der Waals surface area contributed by atoms with Crippen molar-refractivity contribution in [2.45, 2.75) is 32.5 Å². The summed E-state index contributed by atoms with van der Waals surface area (Å²) in [6.07, 6.45) is 3.18. The van der Waals surface area contributed by atoms with Crippen LogP contribution in [0.5, 0.6) is 11.5 Å². The van der Waals surface area contributed by atoms with Crippen molar-refractivity contribution >= 4 is 22.4 Å². The number of benzene rings is 4. The van der Waals surface area contributed by atoms with E-state index in [2.05, 4.69) is 54.6 Å². The number of alkyl halides is 1. The molecule has 158 valence electrons. The van der Waals surface area contributed by atoms with Crippen molar-refractivity contribution in [1.82, 2.24) is 0 Å². The molecule has 4 aromatic rings. The molecule has 0 spiro atoms. The molecule has 0 aliphatic carbocycles. The Morgan fingerprint density at radius 1 is 0.548 bits per heavy atom. The van der Waals surface area contributed by atoms with Crippen LogP contribution in [0.25, 0.3) is 10.8 Å². The molecule has 3 heteroatoms. The smallest absolute Gasteiger partial charge is 0.162 e. The third-order valence-corrected chi connectivity index (χ3v) is 5.56. The highest BCUT2D eigenvalue weighted by molar-refractivity contribution is 6.17. The predicted octanol–water partition coefficient (Wildman–Crippen LogP) is 7.56. The minimum atomic E-state index is 0.503. The lowest BCUT2D eigenvalue weighted by Crippen LogP contribution is -2.01. The molecular formula is C28H27ClO2. The molecule has 0 aromatic heterocycles. The van der Waals surface area contributed by atoms with Gasteiger partial charge in [-0.3, -0.25) is 0 Å². The molecule has 0 aliphatic heterocycles. The van der Waals surface area contributed by atoms with Gasteiger partial charge >= 0.3 is 0 Å². The minimum absolute atomic E-state index is 0.503. The zero-order valence-electron chi connectivity index (χ0n) is 17.6. The number of rotatable bonds is 10. The number of halogens is 1. The van der Waals surface area contributed by atoms with Gasteiger partial charge in [0.15, 0.2) is 11.5 Å². The van der Waals surface area contributed by atoms with Gasteiger partial charge in [0.25, 0.3) is 0 Å². The van der Waals surface area contributed by atoms with E-state index in [1.807, 2.05) is 36.4 Å². The summed E-state index contributed by atoms with van der Waals surface area (Å²) in [6.45, 7) is 1.01. The van der Waals surface area contributed by atoms with Gasteiger partial charge in [-0.1, -0.05) is 78.9 Å². The van der Waals surface area contributed by atoms with Gasteiger partial charge in [0, 0.05) is 5.88 Å². The van der Waals surface area contributed by atoms with Crippen LogP contribution in [0.2, 0.25) is 0 Å². The van der Waals surface area contributed by atoms with Crippen LogP contribution in [0.1, 0.15) is 29.5 Å². The van der Waals surface area contributed by atoms with E-state index in [0.29, 0.717) is 19.1 Å². The molecule has 0 bridgehead atoms. The predicted molar refractivity (Wildman–Crippen MR) is 129 cm³/mol. The molecule has 0 amide bonds. The van der Waals surface area contributed by atoms with Crippen LogP contribution in [0.4, 0.5) is 0 Å². The average molecular weight is 431 g/mol. The quantitative estimate of drug-likeness (QED) is 0.191. The Hall–Kier alpha value is -2.97. The molecule has 0 heterocycles. The summed E-state index contributed by atoms with van der Waals surface area (Å²) in [7, 11) is 0. The van der Waals surface area contributed by atoms with Crippen LogP contribution >= 0.6 is 11.6 Å². The largest absolute Gasteiger partial charge is 0.485 e. The Morgan fingerprint density at radius 2 is 1.13 bits per heavy atom. The van der Waals surface area contributed by atoms with Crippen LogP contribution in [0, 0.1) is 0 Å². The van der Waals surface area contributed by atoms with Crippen LogP contribution in [0.3, 0.4) is 0 Å². The molecule has 0 fully saturated rings. The third-order valence-electron chi connectivity index (χ3n) is 5.29. The Morgan fingerprint density at radius 3 is 1.71 bits per heavy atom. The zero-order chi connectivity index (χ0) is 21.3. The van der Waals surface area contributed by atoms with E-state index in [0.717, 1.165) is 47.3 Å². The second kappa shape index (κ2) is 10.9. The summed E-state index contributed by atoms with van der Waals surface area (Å²) < 4.78 is 12.4. The van der Waals surface area contributed by atoms with Gasteiger partial charge in [-0.05, 0) is 58.9 Å². The fraction of sp³-hybridized carbons (Fsp3) is 0.214. The van der Waals surface area contributed by atoms with Crippen LogP contribution in [0.15, 0.2) is 91.0 Å². The normalized spacial score (nSPS) is 10.9. The lowest BCUT2D eigenvalue weighted by atomic mass is 10.0. The van der Waals surface area contributed by atoms with Gasteiger partial charge in [-0.15, -0.1) is 11.6 Å². The lowest BCUT2D eigenvalue weighted by Gasteiger charge is -2.15. The van der Waals surface area contributed by atoms with Gasteiger partial charge in [-0.2, -0.15) is 0 Å². The first-order valence-electron chi connectivity index (χ1n) is 10.8. The monoisotopic (exact) mass is 430 g/mol. The van der Waals surface area contributed by atoms with Gasteiger partial charge in [0.2, 0.25) is 0 Å². The van der Waals surface area contributed by atoms with E-state index >= 15 is 0 Å². The number of fused-ring (bicyclic) bond motifs is 1. The Kier molecular flexibility index (Phi) is 7.46. The summed E-state index contributed by atoms with van der Waals surface area (Å²) >= 11 is 5.83. The maximum absolute atomic E-state index is 6.22. The first-order chi connectivity index (χ1) is 15.3. The highest BCUT2D eigenvalue weighted by Crippen LogP contribution is 2.34. The molecule has 0 atom stereocenters. The molecule has 0 saturated heterocycles. The van der Waals surface area contributed by atoms with Crippen LogP contribution in [-0.2, 0) is 19.6 Å². The second-order valence-corrected chi connectivity index (χ2v) is 8.05. The van der Waals surface area contributed by atoms with Gasteiger partial charge < -0.3 is 9.47 Å². The first-order valence-corrected chi connectivity index (χ1v) is 11.3. The number of hydrogen-bond acceptors (Lipinski definition) is 2. The summed E-state index contributed by atoms with van der Waals surface area (Å²) in [5, 5.41) is 2.31. The summed E-state index contributed by atoms with van der Waals surface area (Å²) in [5.74, 6) is 2.25. The molecule has 31 heavy (non-hydrogen) atoms. The molecule has 0 unspecified atom stereocenters.